The Morgan fingerprint density at radius 1 is 1.26 bits per heavy atom. The van der Waals surface area contributed by atoms with Crippen LogP contribution in [-0.2, 0) is 23.9 Å². The Kier molecular flexibility index (Phi) is 7.55. The lowest BCUT2D eigenvalue weighted by Gasteiger charge is -2.27. The van der Waals surface area contributed by atoms with E-state index in [0.717, 1.165) is 6.42 Å². The number of ether oxygens (including phenoxy) is 2. The molecule has 3 fully saturated rings. The molecule has 172 valence electrons. The van der Waals surface area contributed by atoms with E-state index in [4.69, 9.17) is 9.47 Å². The SMILES string of the molecule is CC(C)(C)C[C@H](NC(=O)C[C@@H]1CO[C@@H]2OCC[C@H]12)C(=O)N[C@H](C#N)C[C@@H]1CCNC1=O. The third-order valence-electron chi connectivity index (χ3n) is 6.23. The van der Waals surface area contributed by atoms with E-state index in [1.165, 1.54) is 0 Å². The van der Waals surface area contributed by atoms with Crippen LogP contribution in [-0.4, -0.2) is 55.9 Å². The average molecular weight is 435 g/mol. The van der Waals surface area contributed by atoms with Crippen LogP contribution in [0.2, 0.25) is 0 Å². The van der Waals surface area contributed by atoms with E-state index in [1.807, 2.05) is 20.8 Å². The lowest BCUT2D eigenvalue weighted by molar-refractivity contribution is -0.130. The summed E-state index contributed by atoms with van der Waals surface area (Å²) in [7, 11) is 0. The second-order valence-corrected chi connectivity index (χ2v) is 10.1. The van der Waals surface area contributed by atoms with E-state index in [1.54, 1.807) is 0 Å². The van der Waals surface area contributed by atoms with E-state index in [2.05, 4.69) is 22.0 Å². The van der Waals surface area contributed by atoms with Crippen LogP contribution in [0.4, 0.5) is 0 Å². The molecule has 0 saturated carbocycles. The van der Waals surface area contributed by atoms with Crippen LogP contribution in [0, 0.1) is 34.5 Å². The summed E-state index contributed by atoms with van der Waals surface area (Å²) in [6.07, 6.45) is 2.31. The van der Waals surface area contributed by atoms with Gasteiger partial charge in [-0.1, -0.05) is 20.8 Å². The fourth-order valence-electron chi connectivity index (χ4n) is 4.65. The third-order valence-corrected chi connectivity index (χ3v) is 6.23. The number of fused-ring (bicyclic) bond motifs is 1. The Morgan fingerprint density at radius 2 is 2.03 bits per heavy atom. The van der Waals surface area contributed by atoms with Gasteiger partial charge in [-0.25, -0.2) is 0 Å². The van der Waals surface area contributed by atoms with Gasteiger partial charge < -0.3 is 25.4 Å². The molecule has 3 aliphatic heterocycles. The van der Waals surface area contributed by atoms with Gasteiger partial charge >= 0.3 is 0 Å². The number of nitrogens with one attached hydrogen (secondary N) is 3. The van der Waals surface area contributed by atoms with Crippen molar-refractivity contribution in [2.24, 2.45) is 23.2 Å². The average Bonchev–Trinajstić information content (AvgIpc) is 3.39. The second-order valence-electron chi connectivity index (χ2n) is 10.1. The highest BCUT2D eigenvalue weighted by Crippen LogP contribution is 2.37. The maximum absolute atomic E-state index is 13.0. The van der Waals surface area contributed by atoms with Gasteiger partial charge in [-0.2, -0.15) is 5.26 Å². The molecule has 6 atom stereocenters. The van der Waals surface area contributed by atoms with E-state index >= 15 is 0 Å². The number of nitriles is 1. The molecule has 0 aromatic carbocycles. The number of nitrogens with zero attached hydrogens (tertiary/aromatic N) is 1. The van der Waals surface area contributed by atoms with Crippen molar-refractivity contribution in [2.75, 3.05) is 19.8 Å². The summed E-state index contributed by atoms with van der Waals surface area (Å²) in [5, 5.41) is 17.8. The summed E-state index contributed by atoms with van der Waals surface area (Å²) in [5.41, 5.74) is -0.205. The Morgan fingerprint density at radius 3 is 2.68 bits per heavy atom. The van der Waals surface area contributed by atoms with Crippen molar-refractivity contribution in [3.63, 3.8) is 0 Å². The molecule has 3 aliphatic rings. The molecule has 31 heavy (non-hydrogen) atoms. The molecule has 0 aromatic heterocycles. The van der Waals surface area contributed by atoms with Crippen LogP contribution >= 0.6 is 0 Å². The number of rotatable bonds is 8. The quantitative estimate of drug-likeness (QED) is 0.519. The molecule has 0 radical (unpaired) electrons. The van der Waals surface area contributed by atoms with Crippen LogP contribution in [0.3, 0.4) is 0 Å². The number of carbonyl (C=O) groups is 3. The number of amides is 3. The van der Waals surface area contributed by atoms with Crippen molar-refractivity contribution in [1.82, 2.24) is 16.0 Å². The van der Waals surface area contributed by atoms with Gasteiger partial charge in [-0.3, -0.25) is 14.4 Å². The fourth-order valence-corrected chi connectivity index (χ4v) is 4.65. The van der Waals surface area contributed by atoms with Gasteiger partial charge in [-0.05, 0) is 37.0 Å². The highest BCUT2D eigenvalue weighted by molar-refractivity contribution is 5.88. The van der Waals surface area contributed by atoms with Crippen molar-refractivity contribution in [1.29, 1.82) is 5.26 Å². The summed E-state index contributed by atoms with van der Waals surface area (Å²) in [6.45, 7) is 7.71. The third kappa shape index (κ3) is 6.40. The maximum Gasteiger partial charge on any atom is 0.243 e. The van der Waals surface area contributed by atoms with Gasteiger partial charge in [0, 0.05) is 24.8 Å². The van der Waals surface area contributed by atoms with Gasteiger partial charge in [0.05, 0.1) is 19.3 Å². The Bertz CT molecular complexity index is 728. The predicted molar refractivity (Wildman–Crippen MR) is 111 cm³/mol. The summed E-state index contributed by atoms with van der Waals surface area (Å²) in [6, 6.07) is 0.552. The molecule has 9 heteroatoms. The zero-order valence-corrected chi connectivity index (χ0v) is 18.6. The molecule has 3 heterocycles. The van der Waals surface area contributed by atoms with Gasteiger partial charge in [-0.15, -0.1) is 0 Å². The smallest absolute Gasteiger partial charge is 0.243 e. The largest absolute Gasteiger partial charge is 0.356 e. The van der Waals surface area contributed by atoms with Gasteiger partial charge in [0.2, 0.25) is 17.7 Å². The molecule has 3 rings (SSSR count). The van der Waals surface area contributed by atoms with Crippen LogP contribution in [0.15, 0.2) is 0 Å². The van der Waals surface area contributed by atoms with Crippen molar-refractivity contribution in [2.45, 2.75) is 71.2 Å². The zero-order valence-electron chi connectivity index (χ0n) is 18.6. The van der Waals surface area contributed by atoms with Crippen molar-refractivity contribution in [3.05, 3.63) is 0 Å². The maximum atomic E-state index is 13.0. The summed E-state index contributed by atoms with van der Waals surface area (Å²) >= 11 is 0. The first-order valence-electron chi connectivity index (χ1n) is 11.2. The van der Waals surface area contributed by atoms with E-state index < -0.39 is 18.0 Å². The Labute approximate surface area is 183 Å². The molecule has 0 unspecified atom stereocenters. The minimum atomic E-state index is -0.777. The second kappa shape index (κ2) is 9.96. The van der Waals surface area contributed by atoms with Crippen LogP contribution in [0.1, 0.15) is 52.9 Å². The molecule has 0 aliphatic carbocycles. The first-order valence-corrected chi connectivity index (χ1v) is 11.2. The van der Waals surface area contributed by atoms with E-state index in [-0.39, 0.29) is 54.1 Å². The molecular weight excluding hydrogens is 400 g/mol. The molecule has 0 spiro atoms. The summed E-state index contributed by atoms with van der Waals surface area (Å²) in [5.74, 6) is -0.640. The monoisotopic (exact) mass is 434 g/mol. The first-order chi connectivity index (χ1) is 14.7. The molecule has 3 N–H and O–H groups in total. The van der Waals surface area contributed by atoms with E-state index in [0.29, 0.717) is 32.6 Å². The minimum absolute atomic E-state index is 0.0815. The fraction of sp³-hybridized carbons (Fsp3) is 0.818. The predicted octanol–water partition coefficient (Wildman–Crippen LogP) is 0.841. The van der Waals surface area contributed by atoms with Crippen molar-refractivity contribution >= 4 is 17.7 Å². The van der Waals surface area contributed by atoms with Gasteiger partial charge in [0.25, 0.3) is 0 Å². The van der Waals surface area contributed by atoms with Crippen molar-refractivity contribution in [3.8, 4) is 6.07 Å². The summed E-state index contributed by atoms with van der Waals surface area (Å²) < 4.78 is 11.1. The van der Waals surface area contributed by atoms with E-state index in [9.17, 15) is 19.6 Å². The number of hydrogen-bond acceptors (Lipinski definition) is 6. The van der Waals surface area contributed by atoms with Gasteiger partial charge in [0.15, 0.2) is 6.29 Å². The molecule has 3 saturated heterocycles. The van der Waals surface area contributed by atoms with Crippen LogP contribution < -0.4 is 16.0 Å². The normalized spacial score (nSPS) is 29.5. The van der Waals surface area contributed by atoms with Crippen LogP contribution in [0.25, 0.3) is 0 Å². The lowest BCUT2D eigenvalue weighted by atomic mass is 9.87. The molecule has 3 amide bonds. The standard InChI is InChI=1S/C22H34N4O5/c1-22(2,3)10-17(20(29)25-15(11-23)8-13-4-6-24-19(13)28)26-18(27)9-14-12-31-21-16(14)5-7-30-21/h13-17,21H,4-10,12H2,1-3H3,(H,24,28)(H,25,29)(H,26,27)/t13-,14+,15-,16+,17-,21-/m0/s1. The first kappa shape index (κ1) is 23.5. The summed E-state index contributed by atoms with van der Waals surface area (Å²) in [4.78, 5) is 37.6. The molecule has 0 bridgehead atoms. The molecule has 9 nitrogen and oxygen atoms in total. The highest BCUT2D eigenvalue weighted by atomic mass is 16.7. The Balaban J connectivity index is 1.58. The topological polar surface area (TPSA) is 130 Å². The molecular formula is C22H34N4O5. The number of carbonyl (C=O) groups excluding carboxylic acids is 3. The minimum Gasteiger partial charge on any atom is -0.356 e. The van der Waals surface area contributed by atoms with Crippen LogP contribution in [0.5, 0.6) is 0 Å². The van der Waals surface area contributed by atoms with Gasteiger partial charge in [0.1, 0.15) is 12.1 Å². The molecule has 0 aromatic rings. The zero-order chi connectivity index (χ0) is 22.6. The lowest BCUT2D eigenvalue weighted by Crippen LogP contribution is -2.51. The number of hydrogen-bond donors (Lipinski definition) is 3. The van der Waals surface area contributed by atoms with Crippen molar-refractivity contribution < 1.29 is 23.9 Å². The Hall–Kier alpha value is -2.18. The highest BCUT2D eigenvalue weighted by Gasteiger charge is 2.42.